The van der Waals surface area contributed by atoms with Gasteiger partial charge in [0.05, 0.1) is 0 Å². The minimum absolute atomic E-state index is 0.0872. The normalized spacial score (nSPS) is 14.0. The lowest BCUT2D eigenvalue weighted by Crippen LogP contribution is -2.51. The van der Waals surface area contributed by atoms with E-state index >= 15 is 0 Å². The van der Waals surface area contributed by atoms with Crippen LogP contribution in [0, 0.1) is 6.92 Å². The maximum Gasteiger partial charge on any atom is 0.273 e. The van der Waals surface area contributed by atoms with Crippen LogP contribution in [0.3, 0.4) is 0 Å². The number of unbranched alkanes of at least 4 members (excludes halogenated alkanes) is 1. The van der Waals surface area contributed by atoms with Gasteiger partial charge < -0.3 is 15.2 Å². The second kappa shape index (κ2) is 8.17. The standard InChI is InChI=1S/C16H29N3O2/c1-6-9-10-18-16(5,8-3)11-17-15(20)14-12(4)13(7-2)21-19-14/h18H,6-11H2,1-5H3,(H,17,20). The molecule has 0 fully saturated rings. The molecule has 1 unspecified atom stereocenters. The maximum atomic E-state index is 12.2. The summed E-state index contributed by atoms with van der Waals surface area (Å²) >= 11 is 0. The molecule has 0 aromatic carbocycles. The summed E-state index contributed by atoms with van der Waals surface area (Å²) in [5, 5.41) is 10.4. The average molecular weight is 295 g/mol. The van der Waals surface area contributed by atoms with Gasteiger partial charge in [-0.05, 0) is 33.2 Å². The van der Waals surface area contributed by atoms with Crippen molar-refractivity contribution in [3.05, 3.63) is 17.0 Å². The third-order valence-electron chi connectivity index (χ3n) is 4.06. The number of aromatic nitrogens is 1. The van der Waals surface area contributed by atoms with Gasteiger partial charge in [0, 0.05) is 24.1 Å². The molecule has 120 valence electrons. The molecule has 1 aromatic heterocycles. The third kappa shape index (κ3) is 4.84. The van der Waals surface area contributed by atoms with E-state index in [0.717, 1.165) is 43.6 Å². The minimum Gasteiger partial charge on any atom is -0.360 e. The molecule has 1 aromatic rings. The van der Waals surface area contributed by atoms with E-state index in [1.807, 2.05) is 13.8 Å². The number of amides is 1. The number of carbonyl (C=O) groups excluding carboxylic acids is 1. The summed E-state index contributed by atoms with van der Waals surface area (Å²) in [7, 11) is 0. The van der Waals surface area contributed by atoms with Crippen molar-refractivity contribution >= 4 is 5.91 Å². The van der Waals surface area contributed by atoms with Crippen LogP contribution >= 0.6 is 0 Å². The molecule has 5 nitrogen and oxygen atoms in total. The molecule has 0 aliphatic heterocycles. The first kappa shape index (κ1) is 17.7. The summed E-state index contributed by atoms with van der Waals surface area (Å²) < 4.78 is 5.18. The Morgan fingerprint density at radius 2 is 2.05 bits per heavy atom. The van der Waals surface area contributed by atoms with Crippen LogP contribution in [0.2, 0.25) is 0 Å². The fourth-order valence-electron chi connectivity index (χ4n) is 2.15. The van der Waals surface area contributed by atoms with Crippen LogP contribution in [0.15, 0.2) is 4.52 Å². The summed E-state index contributed by atoms with van der Waals surface area (Å²) in [6.45, 7) is 11.9. The van der Waals surface area contributed by atoms with Gasteiger partial charge in [0.25, 0.3) is 5.91 Å². The summed E-state index contributed by atoms with van der Waals surface area (Å²) in [5.41, 5.74) is 1.15. The van der Waals surface area contributed by atoms with Crippen molar-refractivity contribution < 1.29 is 9.32 Å². The largest absolute Gasteiger partial charge is 0.360 e. The van der Waals surface area contributed by atoms with Crippen LogP contribution in [-0.2, 0) is 6.42 Å². The zero-order valence-electron chi connectivity index (χ0n) is 14.0. The number of rotatable bonds is 9. The molecule has 0 saturated heterocycles. The highest BCUT2D eigenvalue weighted by atomic mass is 16.5. The van der Waals surface area contributed by atoms with E-state index in [4.69, 9.17) is 4.52 Å². The number of carbonyl (C=O) groups is 1. The molecule has 5 heteroatoms. The van der Waals surface area contributed by atoms with Crippen LogP contribution in [0.5, 0.6) is 0 Å². The molecule has 1 amide bonds. The molecule has 1 atom stereocenters. The monoisotopic (exact) mass is 295 g/mol. The van der Waals surface area contributed by atoms with E-state index < -0.39 is 0 Å². The quantitative estimate of drug-likeness (QED) is 0.687. The lowest BCUT2D eigenvalue weighted by Gasteiger charge is -2.30. The minimum atomic E-state index is -0.159. The summed E-state index contributed by atoms with van der Waals surface area (Å²) in [6.07, 6.45) is 4.01. The van der Waals surface area contributed by atoms with Crippen molar-refractivity contribution in [3.63, 3.8) is 0 Å². The van der Waals surface area contributed by atoms with E-state index in [-0.39, 0.29) is 11.4 Å². The highest BCUT2D eigenvalue weighted by Gasteiger charge is 2.24. The first-order valence-corrected chi connectivity index (χ1v) is 7.95. The number of hydrogen-bond donors (Lipinski definition) is 2. The van der Waals surface area contributed by atoms with Crippen molar-refractivity contribution in [2.75, 3.05) is 13.1 Å². The Bertz CT molecular complexity index is 456. The Morgan fingerprint density at radius 1 is 1.33 bits per heavy atom. The van der Waals surface area contributed by atoms with Crippen LogP contribution in [0.1, 0.15) is 68.8 Å². The number of nitrogens with zero attached hydrogens (tertiary/aromatic N) is 1. The molecule has 0 aliphatic rings. The highest BCUT2D eigenvalue weighted by Crippen LogP contribution is 2.14. The van der Waals surface area contributed by atoms with E-state index in [0.29, 0.717) is 12.2 Å². The Balaban J connectivity index is 2.59. The molecule has 1 rings (SSSR count). The molecule has 0 radical (unpaired) electrons. The molecule has 21 heavy (non-hydrogen) atoms. The van der Waals surface area contributed by atoms with Gasteiger partial charge in [0.15, 0.2) is 5.69 Å². The second-order valence-corrected chi connectivity index (χ2v) is 5.81. The zero-order chi connectivity index (χ0) is 15.9. The van der Waals surface area contributed by atoms with Gasteiger partial charge in [0.2, 0.25) is 0 Å². The molecule has 0 spiro atoms. The first-order valence-electron chi connectivity index (χ1n) is 7.95. The molecule has 1 heterocycles. The fraction of sp³-hybridized carbons (Fsp3) is 0.750. The Hall–Kier alpha value is -1.36. The zero-order valence-corrected chi connectivity index (χ0v) is 14.0. The Morgan fingerprint density at radius 3 is 2.57 bits per heavy atom. The van der Waals surface area contributed by atoms with Crippen molar-refractivity contribution in [3.8, 4) is 0 Å². The molecular weight excluding hydrogens is 266 g/mol. The van der Waals surface area contributed by atoms with Crippen LogP contribution in [-0.4, -0.2) is 29.7 Å². The molecule has 0 bridgehead atoms. The van der Waals surface area contributed by atoms with Gasteiger partial charge in [-0.25, -0.2) is 0 Å². The summed E-state index contributed by atoms with van der Waals surface area (Å²) in [6, 6.07) is 0. The molecular formula is C16H29N3O2. The number of aryl methyl sites for hydroxylation is 1. The SMILES string of the molecule is CCCCNC(C)(CC)CNC(=O)c1noc(CC)c1C. The lowest BCUT2D eigenvalue weighted by atomic mass is 9.98. The van der Waals surface area contributed by atoms with Gasteiger partial charge in [-0.3, -0.25) is 4.79 Å². The predicted molar refractivity (Wildman–Crippen MR) is 84.6 cm³/mol. The predicted octanol–water partition coefficient (Wildman–Crippen LogP) is 2.83. The number of hydrogen-bond acceptors (Lipinski definition) is 4. The second-order valence-electron chi connectivity index (χ2n) is 5.81. The van der Waals surface area contributed by atoms with Crippen LogP contribution in [0.25, 0.3) is 0 Å². The smallest absolute Gasteiger partial charge is 0.273 e. The van der Waals surface area contributed by atoms with Gasteiger partial charge in [-0.2, -0.15) is 0 Å². The van der Waals surface area contributed by atoms with Gasteiger partial charge in [0.1, 0.15) is 5.76 Å². The van der Waals surface area contributed by atoms with E-state index in [9.17, 15) is 4.79 Å². The summed E-state index contributed by atoms with van der Waals surface area (Å²) in [4.78, 5) is 12.2. The molecule has 2 N–H and O–H groups in total. The van der Waals surface area contributed by atoms with E-state index in [2.05, 4.69) is 36.6 Å². The Kier molecular flexibility index (Phi) is 6.89. The molecule has 0 saturated carbocycles. The van der Waals surface area contributed by atoms with Crippen LogP contribution in [0.4, 0.5) is 0 Å². The van der Waals surface area contributed by atoms with Crippen molar-refractivity contribution in [1.82, 2.24) is 15.8 Å². The maximum absolute atomic E-state index is 12.2. The topological polar surface area (TPSA) is 67.2 Å². The average Bonchev–Trinajstić information content (AvgIpc) is 2.86. The van der Waals surface area contributed by atoms with Gasteiger partial charge in [-0.1, -0.05) is 32.3 Å². The highest BCUT2D eigenvalue weighted by molar-refractivity contribution is 5.93. The summed E-state index contributed by atoms with van der Waals surface area (Å²) in [5.74, 6) is 0.618. The number of nitrogens with one attached hydrogen (secondary N) is 2. The Labute approximate surface area is 127 Å². The molecule has 0 aliphatic carbocycles. The van der Waals surface area contributed by atoms with E-state index in [1.165, 1.54) is 0 Å². The van der Waals surface area contributed by atoms with Gasteiger partial charge >= 0.3 is 0 Å². The van der Waals surface area contributed by atoms with Crippen molar-refractivity contribution in [2.24, 2.45) is 0 Å². The van der Waals surface area contributed by atoms with Crippen LogP contribution < -0.4 is 10.6 Å². The van der Waals surface area contributed by atoms with Crippen molar-refractivity contribution in [2.45, 2.75) is 65.8 Å². The van der Waals surface area contributed by atoms with Crippen molar-refractivity contribution in [1.29, 1.82) is 0 Å². The lowest BCUT2D eigenvalue weighted by molar-refractivity contribution is 0.0930. The fourth-order valence-corrected chi connectivity index (χ4v) is 2.15. The third-order valence-corrected chi connectivity index (χ3v) is 4.06. The van der Waals surface area contributed by atoms with Gasteiger partial charge in [-0.15, -0.1) is 0 Å². The first-order chi connectivity index (χ1) is 9.97. The van der Waals surface area contributed by atoms with E-state index in [1.54, 1.807) is 0 Å².